The normalized spacial score (nSPS) is 15.8. The quantitative estimate of drug-likeness (QED) is 0.190. The molecule has 2 heterocycles. The molecule has 0 aromatic carbocycles. The van der Waals surface area contributed by atoms with Crippen LogP contribution in [-0.4, -0.2) is 77.9 Å². The zero-order valence-corrected chi connectivity index (χ0v) is 18.9. The highest BCUT2D eigenvalue weighted by Crippen LogP contribution is 2.34. The maximum absolute atomic E-state index is 14.8. The van der Waals surface area contributed by atoms with Crippen LogP contribution in [0.15, 0.2) is 6.33 Å². The van der Waals surface area contributed by atoms with Crippen LogP contribution < -0.4 is 5.32 Å². The number of hydrogen-bond acceptors (Lipinski definition) is 9. The van der Waals surface area contributed by atoms with Crippen molar-refractivity contribution in [2.45, 2.75) is 45.0 Å². The fourth-order valence-electron chi connectivity index (χ4n) is 2.80. The van der Waals surface area contributed by atoms with Gasteiger partial charge >= 0.3 is 7.60 Å². The Morgan fingerprint density at radius 3 is 2.72 bits per heavy atom. The molecule has 0 saturated carbocycles. The van der Waals surface area contributed by atoms with Gasteiger partial charge in [-0.3, -0.25) is 9.36 Å². The van der Waals surface area contributed by atoms with Crippen LogP contribution in [0.4, 0.5) is 10.2 Å². The number of nitrogens with zero attached hydrogens (tertiary/aromatic N) is 4. The van der Waals surface area contributed by atoms with Gasteiger partial charge < -0.3 is 29.7 Å². The van der Waals surface area contributed by atoms with Crippen LogP contribution in [0, 0.1) is 5.92 Å². The van der Waals surface area contributed by atoms with E-state index in [-0.39, 0.29) is 41.3 Å². The smallest absolute Gasteiger partial charge is 0.350 e. The molecule has 4 N–H and O–H groups in total. The summed E-state index contributed by atoms with van der Waals surface area (Å²) in [5.74, 6) is -1.97. The Morgan fingerprint density at radius 2 is 2.12 bits per heavy atom. The first-order valence-electron chi connectivity index (χ1n) is 9.57. The number of halogens is 2. The van der Waals surface area contributed by atoms with Gasteiger partial charge in [-0.1, -0.05) is 13.8 Å². The topological polar surface area (TPSA) is 177 Å². The lowest BCUT2D eigenvalue weighted by atomic mass is 10.0. The first kappa shape index (κ1) is 26.2. The highest BCUT2D eigenvalue weighted by atomic mass is 35.5. The minimum atomic E-state index is -4.42. The zero-order valence-electron chi connectivity index (χ0n) is 17.3. The van der Waals surface area contributed by atoms with Gasteiger partial charge in [-0.15, -0.1) is 0 Å². The van der Waals surface area contributed by atoms with Gasteiger partial charge in [-0.2, -0.15) is 9.97 Å². The third-order valence-corrected chi connectivity index (χ3v) is 5.27. The molecule has 0 aliphatic heterocycles. The molecular weight excluding hydrogens is 472 g/mol. The molecule has 178 valence electrons. The summed E-state index contributed by atoms with van der Waals surface area (Å²) >= 11 is 5.94. The summed E-state index contributed by atoms with van der Waals surface area (Å²) in [5.41, 5.74) is 0.0190. The van der Waals surface area contributed by atoms with Crippen molar-refractivity contribution >= 4 is 48.4 Å². The number of ether oxygens (including phenoxy) is 1. The standard InChI is InChI=1S/C17H24ClFN5O7P/c1-3-10(4-5-25)21-14-12-15(23-17(18)22-14)24(7-20-12)16(27)11(19)13(26)9(2)6-31-8-32(28,29)30/h5,7,9-11,13,26H,3-4,6,8H2,1-2H3,(H,21,22,23)(H2,28,29,30)/t9-,10-,11+,13-/m1/s1. The molecule has 0 saturated heterocycles. The third kappa shape index (κ3) is 6.74. The molecule has 2 rings (SSSR count). The van der Waals surface area contributed by atoms with Gasteiger partial charge in [0.2, 0.25) is 11.5 Å². The lowest BCUT2D eigenvalue weighted by Gasteiger charge is -2.21. The van der Waals surface area contributed by atoms with Crippen LogP contribution in [0.25, 0.3) is 11.2 Å². The summed E-state index contributed by atoms with van der Waals surface area (Å²) in [6.45, 7) is 2.82. The molecule has 2 aromatic rings. The monoisotopic (exact) mass is 495 g/mol. The highest BCUT2D eigenvalue weighted by Gasteiger charge is 2.33. The minimum absolute atomic E-state index is 0.0984. The number of aliphatic hydroxyl groups is 1. The fourth-order valence-corrected chi connectivity index (χ4v) is 3.30. The third-order valence-electron chi connectivity index (χ3n) is 4.58. The van der Waals surface area contributed by atoms with Gasteiger partial charge in [-0.05, 0) is 18.0 Å². The van der Waals surface area contributed by atoms with Crippen molar-refractivity contribution in [2.75, 3.05) is 18.3 Å². The van der Waals surface area contributed by atoms with E-state index >= 15 is 0 Å². The van der Waals surface area contributed by atoms with E-state index in [1.54, 1.807) is 0 Å². The minimum Gasteiger partial charge on any atom is -0.389 e. The van der Waals surface area contributed by atoms with E-state index in [4.69, 9.17) is 26.1 Å². The summed E-state index contributed by atoms with van der Waals surface area (Å²) in [6.07, 6.45) is -2.60. The van der Waals surface area contributed by atoms with E-state index in [0.717, 1.165) is 17.2 Å². The number of rotatable bonds is 12. The number of aliphatic hydroxyl groups excluding tert-OH is 1. The summed E-state index contributed by atoms with van der Waals surface area (Å²) in [7, 11) is -4.42. The van der Waals surface area contributed by atoms with Gasteiger partial charge in [-0.25, -0.2) is 13.9 Å². The number of aldehydes is 1. The van der Waals surface area contributed by atoms with Crippen LogP contribution >= 0.6 is 19.2 Å². The van der Waals surface area contributed by atoms with Crippen LogP contribution in [-0.2, 0) is 14.1 Å². The number of fused-ring (bicyclic) bond motifs is 1. The number of carbonyl (C=O) groups excluding carboxylic acids is 2. The molecule has 0 aliphatic rings. The molecule has 4 atom stereocenters. The van der Waals surface area contributed by atoms with Gasteiger partial charge in [0.05, 0.1) is 12.7 Å². The SMILES string of the molecule is CC[C@H](CC=O)Nc1nc(Cl)nc2c1ncn2C(=O)[C@@H](F)[C@H](O)[C@H](C)COCP(=O)(O)O. The van der Waals surface area contributed by atoms with Crippen LogP contribution in [0.2, 0.25) is 5.28 Å². The molecule has 0 spiro atoms. The number of carbonyl (C=O) groups is 2. The predicted octanol–water partition coefficient (Wildman–Crippen LogP) is 1.39. The van der Waals surface area contributed by atoms with Crippen molar-refractivity contribution in [3.05, 3.63) is 11.6 Å². The van der Waals surface area contributed by atoms with Crippen molar-refractivity contribution in [1.82, 2.24) is 19.5 Å². The number of nitrogens with one attached hydrogen (secondary N) is 1. The van der Waals surface area contributed by atoms with Gasteiger partial charge in [0.25, 0.3) is 5.91 Å². The molecule has 0 amide bonds. The Hall–Kier alpha value is -2.02. The van der Waals surface area contributed by atoms with Crippen LogP contribution in [0.5, 0.6) is 0 Å². The van der Waals surface area contributed by atoms with Crippen LogP contribution in [0.1, 0.15) is 31.5 Å². The Bertz CT molecular complexity index is 1000. The summed E-state index contributed by atoms with van der Waals surface area (Å²) in [6, 6.07) is -0.271. The molecule has 2 aromatic heterocycles. The maximum atomic E-state index is 14.8. The van der Waals surface area contributed by atoms with Crippen molar-refractivity contribution in [3.63, 3.8) is 0 Å². The first-order valence-corrected chi connectivity index (χ1v) is 11.8. The number of imidazole rings is 1. The highest BCUT2D eigenvalue weighted by molar-refractivity contribution is 7.51. The maximum Gasteiger partial charge on any atom is 0.350 e. The molecule has 0 unspecified atom stereocenters. The molecule has 32 heavy (non-hydrogen) atoms. The molecule has 0 fully saturated rings. The summed E-state index contributed by atoms with van der Waals surface area (Å²) in [4.78, 5) is 53.0. The second-order valence-corrected chi connectivity index (χ2v) is 9.08. The molecular formula is C17H24ClFN5O7P. The van der Waals surface area contributed by atoms with Crippen LogP contribution in [0.3, 0.4) is 0 Å². The number of aromatic nitrogens is 4. The van der Waals surface area contributed by atoms with E-state index in [9.17, 15) is 23.7 Å². The number of hydrogen-bond donors (Lipinski definition) is 4. The van der Waals surface area contributed by atoms with E-state index in [1.165, 1.54) is 6.92 Å². The second-order valence-electron chi connectivity index (χ2n) is 7.15. The van der Waals surface area contributed by atoms with Crippen molar-refractivity contribution in [3.8, 4) is 0 Å². The molecule has 0 bridgehead atoms. The predicted molar refractivity (Wildman–Crippen MR) is 112 cm³/mol. The molecule has 0 radical (unpaired) electrons. The Labute approximate surface area is 187 Å². The lowest BCUT2D eigenvalue weighted by Crippen LogP contribution is -2.39. The summed E-state index contributed by atoms with van der Waals surface area (Å²) < 4.78 is 31.1. The zero-order chi connectivity index (χ0) is 24.1. The van der Waals surface area contributed by atoms with Gasteiger partial charge in [0.1, 0.15) is 19.0 Å². The number of alkyl halides is 1. The summed E-state index contributed by atoms with van der Waals surface area (Å²) in [5, 5.41) is 12.9. The average Bonchev–Trinajstić information content (AvgIpc) is 3.14. The Kier molecular flexibility index (Phi) is 9.19. The largest absolute Gasteiger partial charge is 0.389 e. The fraction of sp³-hybridized carbons (Fsp3) is 0.588. The molecule has 12 nitrogen and oxygen atoms in total. The number of anilines is 1. The lowest BCUT2D eigenvalue weighted by molar-refractivity contribution is -0.108. The van der Waals surface area contributed by atoms with Crippen molar-refractivity contribution in [2.24, 2.45) is 5.92 Å². The molecule has 15 heteroatoms. The second kappa shape index (κ2) is 11.2. The van der Waals surface area contributed by atoms with E-state index in [2.05, 4.69) is 20.3 Å². The Morgan fingerprint density at radius 1 is 1.44 bits per heavy atom. The average molecular weight is 496 g/mol. The van der Waals surface area contributed by atoms with Crippen molar-refractivity contribution in [1.29, 1.82) is 0 Å². The van der Waals surface area contributed by atoms with E-state index in [0.29, 0.717) is 6.42 Å². The van der Waals surface area contributed by atoms with Gasteiger partial charge in [0.15, 0.2) is 17.0 Å². The van der Waals surface area contributed by atoms with Gasteiger partial charge in [0, 0.05) is 18.4 Å². The first-order chi connectivity index (χ1) is 15.0. The van der Waals surface area contributed by atoms with E-state index < -0.39 is 38.0 Å². The molecule has 0 aliphatic carbocycles. The van der Waals surface area contributed by atoms with Crippen molar-refractivity contribution < 1.29 is 38.2 Å². The van der Waals surface area contributed by atoms with E-state index in [1.807, 2.05) is 6.92 Å². The Balaban J connectivity index is 2.22.